The number of benzene rings is 1. The number of aldehydes is 1. The van der Waals surface area contributed by atoms with Crippen molar-refractivity contribution in [1.29, 1.82) is 0 Å². The molecule has 8 heteroatoms. The summed E-state index contributed by atoms with van der Waals surface area (Å²) >= 11 is 1.64. The predicted octanol–water partition coefficient (Wildman–Crippen LogP) is 2.70. The second-order valence-electron chi connectivity index (χ2n) is 5.87. The number of rotatable bonds is 3. The summed E-state index contributed by atoms with van der Waals surface area (Å²) in [5.74, 6) is 0.563. The number of anilines is 1. The molecule has 2 heterocycles. The molecule has 1 aromatic heterocycles. The van der Waals surface area contributed by atoms with Crippen molar-refractivity contribution < 1.29 is 15.0 Å². The Morgan fingerprint density at radius 3 is 2.73 bits per heavy atom. The van der Waals surface area contributed by atoms with Crippen molar-refractivity contribution in [3.8, 4) is 11.5 Å². The molecule has 0 spiro atoms. The van der Waals surface area contributed by atoms with Gasteiger partial charge in [-0.1, -0.05) is 23.9 Å². The van der Waals surface area contributed by atoms with Gasteiger partial charge in [0, 0.05) is 24.6 Å². The maximum atomic E-state index is 10.0. The Kier molecular flexibility index (Phi) is 6.46. The molecule has 0 bridgehead atoms. The van der Waals surface area contributed by atoms with E-state index >= 15 is 0 Å². The molecule has 3 rings (SSSR count). The Hall–Kier alpha value is -2.74. The number of carbonyl (C=O) groups is 1. The van der Waals surface area contributed by atoms with E-state index in [2.05, 4.69) is 46.5 Å². The molecule has 0 saturated heterocycles. The molecule has 0 aliphatic carbocycles. The maximum Gasteiger partial charge on any atom is 0.172 e. The van der Waals surface area contributed by atoms with Crippen LogP contribution in [0, 0.1) is 0 Å². The maximum absolute atomic E-state index is 10.0. The summed E-state index contributed by atoms with van der Waals surface area (Å²) < 4.78 is 0. The third-order valence-corrected chi connectivity index (χ3v) is 4.76. The van der Waals surface area contributed by atoms with Crippen LogP contribution >= 0.6 is 11.8 Å². The van der Waals surface area contributed by atoms with Crippen molar-refractivity contribution in [2.24, 2.45) is 10.7 Å². The second-order valence-corrected chi connectivity index (χ2v) is 6.98. The van der Waals surface area contributed by atoms with E-state index in [0.29, 0.717) is 11.5 Å². The van der Waals surface area contributed by atoms with E-state index in [4.69, 9.17) is 15.9 Å². The van der Waals surface area contributed by atoms with Gasteiger partial charge in [-0.25, -0.2) is 4.98 Å². The number of nitrogens with two attached hydrogens (primary N) is 1. The molecular weight excluding hydrogens is 352 g/mol. The number of nitrogens with one attached hydrogen (secondary N) is 1. The lowest BCUT2D eigenvalue weighted by molar-refractivity contribution is 0.111. The first-order valence-corrected chi connectivity index (χ1v) is 8.96. The summed E-state index contributed by atoms with van der Waals surface area (Å²) in [6, 6.07) is 9.43. The van der Waals surface area contributed by atoms with E-state index in [0.717, 1.165) is 30.1 Å². The van der Waals surface area contributed by atoms with Crippen LogP contribution in [0.1, 0.15) is 29.4 Å². The molecule has 1 atom stereocenters. The fraction of sp³-hybridized carbons (Fsp3) is 0.278. The van der Waals surface area contributed by atoms with Crippen molar-refractivity contribution in [2.75, 3.05) is 18.1 Å². The summed E-state index contributed by atoms with van der Waals surface area (Å²) in [6.45, 7) is 2.15. The molecule has 0 fully saturated rings. The number of amidine groups is 1. The van der Waals surface area contributed by atoms with Crippen molar-refractivity contribution in [1.82, 2.24) is 4.98 Å². The highest BCUT2D eigenvalue weighted by Gasteiger charge is 2.29. The molecule has 0 unspecified atom stereocenters. The summed E-state index contributed by atoms with van der Waals surface area (Å²) in [7, 11) is 1.93. The van der Waals surface area contributed by atoms with E-state index in [1.165, 1.54) is 5.56 Å². The Balaban J connectivity index is 0.000000209. The molecule has 138 valence electrons. The Bertz CT molecular complexity index is 813. The molecule has 7 nitrogen and oxygen atoms in total. The van der Waals surface area contributed by atoms with Gasteiger partial charge in [0.05, 0.1) is 11.7 Å². The Morgan fingerprint density at radius 1 is 1.35 bits per heavy atom. The van der Waals surface area contributed by atoms with E-state index in [9.17, 15) is 4.79 Å². The zero-order valence-electron chi connectivity index (χ0n) is 14.6. The number of aromatic hydroxyl groups is 2. The van der Waals surface area contributed by atoms with Crippen LogP contribution in [0.3, 0.4) is 0 Å². The molecule has 0 amide bonds. The van der Waals surface area contributed by atoms with Gasteiger partial charge in [0.25, 0.3) is 0 Å². The highest BCUT2D eigenvalue weighted by molar-refractivity contribution is 8.13. The molecule has 0 radical (unpaired) electrons. The van der Waals surface area contributed by atoms with Crippen molar-refractivity contribution >= 4 is 28.9 Å². The van der Waals surface area contributed by atoms with Gasteiger partial charge in [-0.2, -0.15) is 0 Å². The quantitative estimate of drug-likeness (QED) is 0.610. The highest BCUT2D eigenvalue weighted by atomic mass is 32.2. The summed E-state index contributed by atoms with van der Waals surface area (Å²) in [4.78, 5) is 18.1. The highest BCUT2D eigenvalue weighted by Crippen LogP contribution is 2.35. The van der Waals surface area contributed by atoms with Crippen LogP contribution < -0.4 is 11.1 Å². The number of hydrogen-bond acceptors (Lipinski definition) is 8. The topological polar surface area (TPSA) is 121 Å². The second kappa shape index (κ2) is 8.57. The van der Waals surface area contributed by atoms with E-state index in [-0.39, 0.29) is 22.7 Å². The first kappa shape index (κ1) is 19.6. The number of pyridine rings is 1. The average molecular weight is 374 g/mol. The van der Waals surface area contributed by atoms with Crippen molar-refractivity contribution in [3.63, 3.8) is 0 Å². The van der Waals surface area contributed by atoms with Crippen LogP contribution in [0.4, 0.5) is 5.69 Å². The third kappa shape index (κ3) is 4.89. The van der Waals surface area contributed by atoms with Gasteiger partial charge >= 0.3 is 0 Å². The summed E-state index contributed by atoms with van der Waals surface area (Å²) in [5.41, 5.74) is 7.92. The first-order chi connectivity index (χ1) is 12.4. The molecule has 1 aliphatic rings. The molecule has 1 aliphatic heterocycles. The fourth-order valence-electron chi connectivity index (χ4n) is 2.45. The minimum atomic E-state index is -0.310. The van der Waals surface area contributed by atoms with Crippen LogP contribution in [0.25, 0.3) is 0 Å². The lowest BCUT2D eigenvalue weighted by Gasteiger charge is -2.30. The average Bonchev–Trinajstić information content (AvgIpc) is 2.62. The lowest BCUT2D eigenvalue weighted by Crippen LogP contribution is -2.28. The molecule has 2 aromatic rings. The predicted molar refractivity (Wildman–Crippen MR) is 105 cm³/mol. The Labute approximate surface area is 156 Å². The number of aromatic nitrogens is 1. The molecule has 26 heavy (non-hydrogen) atoms. The molecule has 0 saturated carbocycles. The van der Waals surface area contributed by atoms with Gasteiger partial charge in [-0.05, 0) is 31.0 Å². The van der Waals surface area contributed by atoms with Gasteiger partial charge in [0.2, 0.25) is 0 Å². The zero-order chi connectivity index (χ0) is 19.2. The Morgan fingerprint density at radius 2 is 2.12 bits per heavy atom. The number of thioether (sulfide) groups is 1. The van der Waals surface area contributed by atoms with Crippen LogP contribution in [-0.4, -0.2) is 39.5 Å². The van der Waals surface area contributed by atoms with E-state index < -0.39 is 0 Å². The minimum Gasteiger partial charge on any atom is -0.506 e. The first-order valence-electron chi connectivity index (χ1n) is 7.97. The van der Waals surface area contributed by atoms with Gasteiger partial charge in [-0.3, -0.25) is 9.79 Å². The van der Waals surface area contributed by atoms with Gasteiger partial charge in [-0.15, -0.1) is 0 Å². The van der Waals surface area contributed by atoms with Crippen LogP contribution in [0.15, 0.2) is 41.5 Å². The smallest absolute Gasteiger partial charge is 0.172 e. The number of nitrogens with zero attached hydrogens (tertiary/aromatic N) is 2. The van der Waals surface area contributed by atoms with Crippen LogP contribution in [0.2, 0.25) is 0 Å². The van der Waals surface area contributed by atoms with Gasteiger partial charge in [0.1, 0.15) is 17.2 Å². The monoisotopic (exact) mass is 374 g/mol. The standard InChI is InChI=1S/C12H17N3S.C6H5NO3/c1-12(6-7-16-11(13)15-12)9-4-3-5-10(8-9)14-2;8-3-5-6(10)1-4(9)2-7-5/h3-5,8,14H,6-7H2,1-2H3,(H2,13,15);1-3,9-10H/t12-;/m1./s1. The van der Waals surface area contributed by atoms with E-state index in [1.807, 2.05) is 7.05 Å². The summed E-state index contributed by atoms with van der Waals surface area (Å²) in [6.07, 6.45) is 2.53. The van der Waals surface area contributed by atoms with E-state index in [1.54, 1.807) is 11.8 Å². The normalized spacial score (nSPS) is 18.9. The lowest BCUT2D eigenvalue weighted by atomic mass is 9.89. The number of hydrogen-bond donors (Lipinski definition) is 4. The zero-order valence-corrected chi connectivity index (χ0v) is 15.5. The van der Waals surface area contributed by atoms with Crippen LogP contribution in [0.5, 0.6) is 11.5 Å². The largest absolute Gasteiger partial charge is 0.506 e. The number of aliphatic imine (C=N–C) groups is 1. The number of carbonyl (C=O) groups excluding carboxylic acids is 1. The minimum absolute atomic E-state index is 0.0715. The van der Waals surface area contributed by atoms with Crippen molar-refractivity contribution in [3.05, 3.63) is 47.8 Å². The molecular formula is C18H22N4O3S. The van der Waals surface area contributed by atoms with Gasteiger partial charge in [0.15, 0.2) is 11.5 Å². The van der Waals surface area contributed by atoms with Crippen LogP contribution in [-0.2, 0) is 5.54 Å². The van der Waals surface area contributed by atoms with Crippen molar-refractivity contribution in [2.45, 2.75) is 18.9 Å². The molecule has 1 aromatic carbocycles. The third-order valence-electron chi connectivity index (χ3n) is 3.96. The SMILES string of the molecule is CNc1cccc([C@@]2(C)CCSC(N)=N2)c1.O=Cc1ncc(O)cc1O. The fourth-order valence-corrected chi connectivity index (χ4v) is 3.42. The molecule has 5 N–H and O–H groups in total. The summed E-state index contributed by atoms with van der Waals surface area (Å²) in [5, 5.41) is 21.4. The van der Waals surface area contributed by atoms with Gasteiger partial charge < -0.3 is 21.3 Å².